The molecule has 0 aliphatic carbocycles. The van der Waals surface area contributed by atoms with Crippen molar-refractivity contribution in [2.45, 2.75) is 19.9 Å². The molecule has 2 aromatic rings. The first-order valence-electron chi connectivity index (χ1n) is 11.1. The molecule has 0 saturated carbocycles. The number of hydrogen-bond acceptors (Lipinski definition) is 5. The standard InChI is InChI=1S/C25H36N4O3/c1-19-6-8-20(9-7-19)10-11-27-25(26-2)29-14-12-28(13-15-29)18-21-16-22(30-3)24(32-5)23(17-21)31-4/h6-9,16-17H,10-15,18H2,1-5H3,(H,26,27). The number of hydrogen-bond donors (Lipinski definition) is 1. The topological polar surface area (TPSA) is 58.6 Å². The molecule has 7 nitrogen and oxygen atoms in total. The Labute approximate surface area is 192 Å². The van der Waals surface area contributed by atoms with E-state index in [9.17, 15) is 0 Å². The molecule has 1 saturated heterocycles. The van der Waals surface area contributed by atoms with E-state index in [2.05, 4.69) is 51.3 Å². The van der Waals surface area contributed by atoms with Crippen molar-refractivity contribution >= 4 is 5.96 Å². The zero-order chi connectivity index (χ0) is 22.9. The molecule has 0 radical (unpaired) electrons. The van der Waals surface area contributed by atoms with Crippen LogP contribution in [0.25, 0.3) is 0 Å². The van der Waals surface area contributed by atoms with Gasteiger partial charge < -0.3 is 24.4 Å². The monoisotopic (exact) mass is 440 g/mol. The average molecular weight is 441 g/mol. The van der Waals surface area contributed by atoms with Gasteiger partial charge >= 0.3 is 0 Å². The molecular formula is C25H36N4O3. The summed E-state index contributed by atoms with van der Waals surface area (Å²) in [5, 5.41) is 3.52. The van der Waals surface area contributed by atoms with E-state index in [1.54, 1.807) is 21.3 Å². The van der Waals surface area contributed by atoms with Gasteiger partial charge in [-0.3, -0.25) is 9.89 Å². The number of aliphatic imine (C=N–C) groups is 1. The Bertz CT molecular complexity index is 866. The second-order valence-electron chi connectivity index (χ2n) is 8.01. The molecule has 1 N–H and O–H groups in total. The molecule has 1 heterocycles. The lowest BCUT2D eigenvalue weighted by molar-refractivity contribution is 0.172. The molecule has 1 aliphatic rings. The number of nitrogens with one attached hydrogen (secondary N) is 1. The van der Waals surface area contributed by atoms with Crippen LogP contribution in [0.5, 0.6) is 17.2 Å². The highest BCUT2D eigenvalue weighted by atomic mass is 16.5. The maximum atomic E-state index is 5.49. The van der Waals surface area contributed by atoms with Crippen LogP contribution in [0.4, 0.5) is 0 Å². The maximum absolute atomic E-state index is 5.49. The van der Waals surface area contributed by atoms with Crippen molar-refractivity contribution in [1.29, 1.82) is 0 Å². The third-order valence-electron chi connectivity index (χ3n) is 5.83. The van der Waals surface area contributed by atoms with Crippen LogP contribution in [-0.4, -0.2) is 76.9 Å². The molecule has 0 aromatic heterocycles. The fourth-order valence-corrected chi connectivity index (χ4v) is 4.01. The van der Waals surface area contributed by atoms with E-state index >= 15 is 0 Å². The van der Waals surface area contributed by atoms with Gasteiger partial charge in [0.1, 0.15) is 0 Å². The summed E-state index contributed by atoms with van der Waals surface area (Å²) in [5.41, 5.74) is 3.78. The Hall–Kier alpha value is -2.93. The molecule has 0 amide bonds. The van der Waals surface area contributed by atoms with Gasteiger partial charge in [-0.1, -0.05) is 29.8 Å². The van der Waals surface area contributed by atoms with Gasteiger partial charge in [-0.05, 0) is 36.6 Å². The van der Waals surface area contributed by atoms with Crippen LogP contribution in [0.15, 0.2) is 41.4 Å². The lowest BCUT2D eigenvalue weighted by Gasteiger charge is -2.36. The first-order chi connectivity index (χ1) is 15.6. The molecule has 32 heavy (non-hydrogen) atoms. The van der Waals surface area contributed by atoms with Gasteiger partial charge in [0.2, 0.25) is 5.75 Å². The molecule has 3 rings (SSSR count). The SMILES string of the molecule is CN=C(NCCc1ccc(C)cc1)N1CCN(Cc2cc(OC)c(OC)c(OC)c2)CC1. The van der Waals surface area contributed by atoms with Crippen LogP contribution in [0.2, 0.25) is 0 Å². The van der Waals surface area contributed by atoms with E-state index in [0.29, 0.717) is 17.2 Å². The van der Waals surface area contributed by atoms with E-state index in [0.717, 1.165) is 57.2 Å². The number of benzene rings is 2. The van der Waals surface area contributed by atoms with Gasteiger partial charge in [0, 0.05) is 46.3 Å². The van der Waals surface area contributed by atoms with Gasteiger partial charge in [-0.15, -0.1) is 0 Å². The summed E-state index contributed by atoms with van der Waals surface area (Å²) in [7, 11) is 6.78. The van der Waals surface area contributed by atoms with Crippen LogP contribution in [-0.2, 0) is 13.0 Å². The van der Waals surface area contributed by atoms with Crippen molar-refractivity contribution in [3.8, 4) is 17.2 Å². The summed E-state index contributed by atoms with van der Waals surface area (Å²) in [6, 6.07) is 12.8. The Kier molecular flexibility index (Phi) is 8.62. The molecule has 2 aromatic carbocycles. The summed E-state index contributed by atoms with van der Waals surface area (Å²) < 4.78 is 16.4. The van der Waals surface area contributed by atoms with E-state index in [-0.39, 0.29) is 0 Å². The smallest absolute Gasteiger partial charge is 0.203 e. The van der Waals surface area contributed by atoms with E-state index in [1.165, 1.54) is 11.1 Å². The van der Waals surface area contributed by atoms with Crippen LogP contribution in [0.1, 0.15) is 16.7 Å². The Balaban J connectivity index is 1.51. The third kappa shape index (κ3) is 6.07. The molecule has 1 fully saturated rings. The van der Waals surface area contributed by atoms with Gasteiger partial charge in [-0.25, -0.2) is 0 Å². The molecule has 7 heteroatoms. The molecular weight excluding hydrogens is 404 g/mol. The van der Waals surface area contributed by atoms with Gasteiger partial charge in [0.25, 0.3) is 0 Å². The predicted octanol–water partition coefficient (Wildman–Crippen LogP) is 2.96. The fourth-order valence-electron chi connectivity index (χ4n) is 4.01. The number of guanidine groups is 1. The number of methoxy groups -OCH3 is 3. The average Bonchev–Trinajstić information content (AvgIpc) is 2.83. The minimum absolute atomic E-state index is 0.629. The van der Waals surface area contributed by atoms with Gasteiger partial charge in [-0.2, -0.15) is 0 Å². The molecule has 0 unspecified atom stereocenters. The zero-order valence-corrected chi connectivity index (χ0v) is 20.0. The van der Waals surface area contributed by atoms with Crippen LogP contribution < -0.4 is 19.5 Å². The number of nitrogens with zero attached hydrogens (tertiary/aromatic N) is 3. The van der Waals surface area contributed by atoms with Crippen LogP contribution in [0.3, 0.4) is 0 Å². The van der Waals surface area contributed by atoms with Crippen molar-refractivity contribution in [2.24, 2.45) is 4.99 Å². The summed E-state index contributed by atoms with van der Waals surface area (Å²) >= 11 is 0. The number of piperazine rings is 1. The lowest BCUT2D eigenvalue weighted by Crippen LogP contribution is -2.52. The first kappa shape index (κ1) is 23.7. The van der Waals surface area contributed by atoms with Crippen molar-refractivity contribution in [1.82, 2.24) is 15.1 Å². The summed E-state index contributed by atoms with van der Waals surface area (Å²) in [5.74, 6) is 2.99. The second kappa shape index (κ2) is 11.6. The van der Waals surface area contributed by atoms with Crippen molar-refractivity contribution < 1.29 is 14.2 Å². The van der Waals surface area contributed by atoms with Crippen molar-refractivity contribution in [3.05, 3.63) is 53.1 Å². The summed E-state index contributed by atoms with van der Waals surface area (Å²) in [4.78, 5) is 9.27. The molecule has 0 bridgehead atoms. The highest BCUT2D eigenvalue weighted by Crippen LogP contribution is 2.38. The molecule has 0 atom stereocenters. The lowest BCUT2D eigenvalue weighted by atomic mass is 10.1. The minimum atomic E-state index is 0.629. The fraction of sp³-hybridized carbons (Fsp3) is 0.480. The Morgan fingerprint density at radius 3 is 2.06 bits per heavy atom. The Morgan fingerprint density at radius 1 is 0.906 bits per heavy atom. The maximum Gasteiger partial charge on any atom is 0.203 e. The van der Waals surface area contributed by atoms with Gasteiger partial charge in [0.05, 0.1) is 21.3 Å². The molecule has 174 valence electrons. The third-order valence-corrected chi connectivity index (χ3v) is 5.83. The van der Waals surface area contributed by atoms with Crippen LogP contribution in [0, 0.1) is 6.92 Å². The quantitative estimate of drug-likeness (QED) is 0.503. The van der Waals surface area contributed by atoms with Crippen molar-refractivity contribution in [3.63, 3.8) is 0 Å². The Morgan fingerprint density at radius 2 is 1.53 bits per heavy atom. The highest BCUT2D eigenvalue weighted by Gasteiger charge is 2.21. The highest BCUT2D eigenvalue weighted by molar-refractivity contribution is 5.80. The molecule has 0 spiro atoms. The van der Waals surface area contributed by atoms with Crippen molar-refractivity contribution in [2.75, 3.05) is 61.1 Å². The summed E-state index contributed by atoms with van der Waals surface area (Å²) in [6.45, 7) is 7.64. The predicted molar refractivity (Wildman–Crippen MR) is 129 cm³/mol. The van der Waals surface area contributed by atoms with Gasteiger partial charge in [0.15, 0.2) is 17.5 Å². The summed E-state index contributed by atoms with van der Waals surface area (Å²) in [6.07, 6.45) is 0.987. The van der Waals surface area contributed by atoms with E-state index in [1.807, 2.05) is 19.2 Å². The second-order valence-corrected chi connectivity index (χ2v) is 8.01. The van der Waals surface area contributed by atoms with E-state index < -0.39 is 0 Å². The largest absolute Gasteiger partial charge is 0.493 e. The number of aryl methyl sites for hydroxylation is 1. The first-order valence-corrected chi connectivity index (χ1v) is 11.1. The minimum Gasteiger partial charge on any atom is -0.493 e. The molecule has 1 aliphatic heterocycles. The number of rotatable bonds is 8. The number of ether oxygens (including phenoxy) is 3. The van der Waals surface area contributed by atoms with Crippen LogP contribution >= 0.6 is 0 Å². The van der Waals surface area contributed by atoms with E-state index in [4.69, 9.17) is 14.2 Å². The zero-order valence-electron chi connectivity index (χ0n) is 20.0. The normalized spacial score (nSPS) is 14.9.